The first-order valence-corrected chi connectivity index (χ1v) is 10.5. The van der Waals surface area contributed by atoms with Crippen LogP contribution in [0.3, 0.4) is 0 Å². The Morgan fingerprint density at radius 2 is 2.11 bits per heavy atom. The summed E-state index contributed by atoms with van der Waals surface area (Å²) < 4.78 is 0. The van der Waals surface area contributed by atoms with Crippen LogP contribution < -0.4 is 16.0 Å². The molecule has 0 fully saturated rings. The lowest BCUT2D eigenvalue weighted by molar-refractivity contribution is -0.116. The summed E-state index contributed by atoms with van der Waals surface area (Å²) in [6, 6.07) is 7.98. The molecule has 150 valence electrons. The number of carbonyl (C=O) groups is 1. The van der Waals surface area contributed by atoms with Gasteiger partial charge in [-0.3, -0.25) is 9.79 Å². The molecule has 0 bridgehead atoms. The number of rotatable bonds is 5. The fraction of sp³-hybridized carbons (Fsp3) is 0.476. The highest BCUT2D eigenvalue weighted by Crippen LogP contribution is 2.31. The third kappa shape index (κ3) is 5.10. The first kappa shape index (κ1) is 20.3. The number of aromatic nitrogens is 1. The van der Waals surface area contributed by atoms with Gasteiger partial charge in [-0.05, 0) is 11.6 Å². The van der Waals surface area contributed by atoms with E-state index in [1.54, 1.807) is 18.4 Å². The fourth-order valence-corrected chi connectivity index (χ4v) is 4.21. The van der Waals surface area contributed by atoms with Crippen molar-refractivity contribution < 1.29 is 4.79 Å². The molecule has 1 unspecified atom stereocenters. The topological polar surface area (TPSA) is 78.4 Å². The lowest BCUT2D eigenvalue weighted by atomic mass is 9.90. The van der Waals surface area contributed by atoms with E-state index in [1.165, 1.54) is 5.56 Å². The number of fused-ring (bicyclic) bond motifs is 1. The van der Waals surface area contributed by atoms with E-state index in [0.29, 0.717) is 13.0 Å². The van der Waals surface area contributed by atoms with Crippen molar-refractivity contribution in [3.8, 4) is 0 Å². The number of aliphatic imine (C=N–C) groups is 1. The van der Waals surface area contributed by atoms with Gasteiger partial charge in [-0.2, -0.15) is 0 Å². The maximum absolute atomic E-state index is 12.0. The fourth-order valence-electron chi connectivity index (χ4n) is 3.18. The van der Waals surface area contributed by atoms with E-state index in [1.807, 2.05) is 18.2 Å². The zero-order valence-electron chi connectivity index (χ0n) is 17.0. The van der Waals surface area contributed by atoms with Crippen molar-refractivity contribution >= 4 is 28.9 Å². The summed E-state index contributed by atoms with van der Waals surface area (Å²) in [6.07, 6.45) is 1.34. The van der Waals surface area contributed by atoms with Crippen molar-refractivity contribution in [3.05, 3.63) is 45.9 Å². The van der Waals surface area contributed by atoms with Gasteiger partial charge in [0, 0.05) is 55.4 Å². The summed E-state index contributed by atoms with van der Waals surface area (Å²) in [5.41, 5.74) is 3.31. The van der Waals surface area contributed by atoms with Crippen LogP contribution in [-0.2, 0) is 16.6 Å². The van der Waals surface area contributed by atoms with Gasteiger partial charge in [-0.15, -0.1) is 11.3 Å². The molecule has 0 aliphatic carbocycles. The standard InChI is InChI=1S/C21H29N5OS/c1-21(2,3)17-13-28-19(26-17)9-10-23-20(22-4)24-12-14-11-18(27)25-16-8-6-5-7-15(14)16/h5-8,13-14H,9-12H2,1-4H3,(H,25,27)(H2,22,23,24). The number of amides is 1. The molecule has 1 aliphatic heterocycles. The van der Waals surface area contributed by atoms with E-state index in [2.05, 4.69) is 53.2 Å². The van der Waals surface area contributed by atoms with Gasteiger partial charge >= 0.3 is 0 Å². The van der Waals surface area contributed by atoms with Gasteiger partial charge in [0.15, 0.2) is 5.96 Å². The van der Waals surface area contributed by atoms with Crippen LogP contribution in [0, 0.1) is 0 Å². The van der Waals surface area contributed by atoms with Gasteiger partial charge in [0.05, 0.1) is 10.7 Å². The molecule has 7 heteroatoms. The minimum atomic E-state index is 0.0619. The number of nitrogens with zero attached hydrogens (tertiary/aromatic N) is 2. The van der Waals surface area contributed by atoms with Crippen LogP contribution in [0.4, 0.5) is 5.69 Å². The monoisotopic (exact) mass is 399 g/mol. The molecule has 0 spiro atoms. The van der Waals surface area contributed by atoms with E-state index in [-0.39, 0.29) is 17.2 Å². The van der Waals surface area contributed by atoms with Crippen LogP contribution in [0.25, 0.3) is 0 Å². The van der Waals surface area contributed by atoms with Crippen molar-refractivity contribution in [3.63, 3.8) is 0 Å². The Bertz CT molecular complexity index is 852. The number of guanidine groups is 1. The SMILES string of the molecule is CN=C(NCCc1nc(C(C)(C)C)cs1)NCC1CC(=O)Nc2ccccc21. The number of benzene rings is 1. The Morgan fingerprint density at radius 3 is 2.82 bits per heavy atom. The first-order chi connectivity index (χ1) is 13.4. The number of para-hydroxylation sites is 1. The van der Waals surface area contributed by atoms with E-state index < -0.39 is 0 Å². The molecular weight excluding hydrogens is 370 g/mol. The molecule has 1 atom stereocenters. The van der Waals surface area contributed by atoms with E-state index in [9.17, 15) is 4.79 Å². The molecule has 0 saturated carbocycles. The Hall–Kier alpha value is -2.41. The number of hydrogen-bond acceptors (Lipinski definition) is 4. The van der Waals surface area contributed by atoms with E-state index >= 15 is 0 Å². The van der Waals surface area contributed by atoms with Gasteiger partial charge in [-0.25, -0.2) is 4.98 Å². The van der Waals surface area contributed by atoms with Crippen molar-refractivity contribution in [2.24, 2.45) is 4.99 Å². The molecule has 1 aromatic carbocycles. The van der Waals surface area contributed by atoms with Crippen LogP contribution >= 0.6 is 11.3 Å². The Kier molecular flexibility index (Phi) is 6.34. The van der Waals surface area contributed by atoms with Crippen LogP contribution in [0.5, 0.6) is 0 Å². The van der Waals surface area contributed by atoms with Crippen LogP contribution in [-0.4, -0.2) is 37.0 Å². The molecule has 3 N–H and O–H groups in total. The number of thiazole rings is 1. The first-order valence-electron chi connectivity index (χ1n) is 9.65. The van der Waals surface area contributed by atoms with Crippen LogP contribution in [0.1, 0.15) is 49.4 Å². The van der Waals surface area contributed by atoms with E-state index in [4.69, 9.17) is 4.98 Å². The molecule has 1 aromatic heterocycles. The molecule has 6 nitrogen and oxygen atoms in total. The molecule has 2 aromatic rings. The second kappa shape index (κ2) is 8.73. The number of anilines is 1. The molecule has 2 heterocycles. The average molecular weight is 400 g/mol. The van der Waals surface area contributed by atoms with Gasteiger partial charge < -0.3 is 16.0 Å². The molecule has 0 saturated heterocycles. The Morgan fingerprint density at radius 1 is 1.32 bits per heavy atom. The van der Waals surface area contributed by atoms with Gasteiger partial charge in [0.1, 0.15) is 0 Å². The summed E-state index contributed by atoms with van der Waals surface area (Å²) >= 11 is 1.71. The smallest absolute Gasteiger partial charge is 0.225 e. The second-order valence-electron chi connectivity index (χ2n) is 8.04. The van der Waals surface area contributed by atoms with E-state index in [0.717, 1.165) is 35.3 Å². The Balaban J connectivity index is 1.50. The van der Waals surface area contributed by atoms with Gasteiger partial charge in [-0.1, -0.05) is 39.0 Å². The minimum absolute atomic E-state index is 0.0619. The number of carbonyl (C=O) groups excluding carboxylic acids is 1. The molecular formula is C21H29N5OS. The quantitative estimate of drug-likeness (QED) is 0.533. The average Bonchev–Trinajstić information content (AvgIpc) is 3.13. The third-order valence-electron chi connectivity index (χ3n) is 4.80. The lowest BCUT2D eigenvalue weighted by Gasteiger charge is -2.26. The third-order valence-corrected chi connectivity index (χ3v) is 5.71. The zero-order valence-corrected chi connectivity index (χ0v) is 17.8. The summed E-state index contributed by atoms with van der Waals surface area (Å²) in [7, 11) is 1.76. The number of nitrogens with one attached hydrogen (secondary N) is 3. The highest BCUT2D eigenvalue weighted by Gasteiger charge is 2.24. The predicted octanol–water partition coefficient (Wildman–Crippen LogP) is 3.27. The Labute approximate surface area is 170 Å². The predicted molar refractivity (Wildman–Crippen MR) is 116 cm³/mol. The zero-order chi connectivity index (χ0) is 20.1. The molecule has 28 heavy (non-hydrogen) atoms. The summed E-state index contributed by atoms with van der Waals surface area (Å²) in [5.74, 6) is 0.944. The highest BCUT2D eigenvalue weighted by molar-refractivity contribution is 7.09. The largest absolute Gasteiger partial charge is 0.356 e. The van der Waals surface area contributed by atoms with Crippen LogP contribution in [0.15, 0.2) is 34.6 Å². The minimum Gasteiger partial charge on any atom is -0.356 e. The summed E-state index contributed by atoms with van der Waals surface area (Å²) in [5, 5.41) is 12.9. The van der Waals surface area contributed by atoms with Crippen molar-refractivity contribution in [1.29, 1.82) is 0 Å². The highest BCUT2D eigenvalue weighted by atomic mass is 32.1. The van der Waals surface area contributed by atoms with Crippen molar-refractivity contribution in [2.75, 3.05) is 25.5 Å². The molecule has 1 amide bonds. The summed E-state index contributed by atoms with van der Waals surface area (Å²) in [6.45, 7) is 7.96. The molecule has 1 aliphatic rings. The van der Waals surface area contributed by atoms with Crippen LogP contribution in [0.2, 0.25) is 0 Å². The van der Waals surface area contributed by atoms with Gasteiger partial charge in [0.2, 0.25) is 5.91 Å². The molecule has 3 rings (SSSR count). The molecule has 0 radical (unpaired) electrons. The maximum Gasteiger partial charge on any atom is 0.225 e. The second-order valence-corrected chi connectivity index (χ2v) is 8.99. The lowest BCUT2D eigenvalue weighted by Crippen LogP contribution is -2.41. The van der Waals surface area contributed by atoms with Gasteiger partial charge in [0.25, 0.3) is 0 Å². The van der Waals surface area contributed by atoms with Crippen molar-refractivity contribution in [1.82, 2.24) is 15.6 Å². The normalized spacial score (nSPS) is 17.1. The summed E-state index contributed by atoms with van der Waals surface area (Å²) in [4.78, 5) is 21.0. The van der Waals surface area contributed by atoms with Crippen molar-refractivity contribution in [2.45, 2.75) is 44.9 Å². The number of hydrogen-bond donors (Lipinski definition) is 3. The maximum atomic E-state index is 12.0.